The summed E-state index contributed by atoms with van der Waals surface area (Å²) in [4.78, 5) is 40.7. The quantitative estimate of drug-likeness (QED) is 0.775. The number of hydrogen-bond acceptors (Lipinski definition) is 5. The lowest BCUT2D eigenvalue weighted by Crippen LogP contribution is -2.57. The molecular weight excluding hydrogens is 348 g/mol. The molecule has 1 N–H and O–H groups in total. The summed E-state index contributed by atoms with van der Waals surface area (Å²) in [5, 5.41) is 9.81. The van der Waals surface area contributed by atoms with Crippen LogP contribution in [-0.4, -0.2) is 62.2 Å². The molecular formula is C19H24N4O4. The maximum absolute atomic E-state index is 13.0. The first-order chi connectivity index (χ1) is 12.9. The highest BCUT2D eigenvalue weighted by Crippen LogP contribution is 2.15. The van der Waals surface area contributed by atoms with Crippen LogP contribution >= 0.6 is 0 Å². The molecule has 1 aliphatic heterocycles. The molecule has 8 heteroatoms. The monoisotopic (exact) mass is 372 g/mol. The fourth-order valence-corrected chi connectivity index (χ4v) is 3.41. The van der Waals surface area contributed by atoms with Gasteiger partial charge in [-0.2, -0.15) is 0 Å². The lowest BCUT2D eigenvalue weighted by molar-refractivity contribution is 0.0273. The van der Waals surface area contributed by atoms with E-state index in [1.54, 1.807) is 4.90 Å². The number of piperazine rings is 1. The Morgan fingerprint density at radius 2 is 1.81 bits per heavy atom. The van der Waals surface area contributed by atoms with E-state index in [9.17, 15) is 19.5 Å². The van der Waals surface area contributed by atoms with Crippen molar-refractivity contribution in [2.75, 3.05) is 26.2 Å². The van der Waals surface area contributed by atoms with Gasteiger partial charge < -0.3 is 10.0 Å². The van der Waals surface area contributed by atoms with Crippen molar-refractivity contribution in [2.24, 2.45) is 14.1 Å². The summed E-state index contributed by atoms with van der Waals surface area (Å²) in [7, 11) is 2.84. The first-order valence-electron chi connectivity index (χ1n) is 8.87. The Hall–Kier alpha value is -2.71. The van der Waals surface area contributed by atoms with E-state index in [-0.39, 0.29) is 12.3 Å². The highest BCUT2D eigenvalue weighted by Gasteiger charge is 2.32. The van der Waals surface area contributed by atoms with Gasteiger partial charge in [-0.3, -0.25) is 23.6 Å². The van der Waals surface area contributed by atoms with E-state index >= 15 is 0 Å². The molecule has 8 nitrogen and oxygen atoms in total. The van der Waals surface area contributed by atoms with Crippen LogP contribution in [0.25, 0.3) is 0 Å². The molecule has 2 heterocycles. The van der Waals surface area contributed by atoms with E-state index < -0.39 is 23.2 Å². The Bertz CT molecular complexity index is 935. The summed E-state index contributed by atoms with van der Waals surface area (Å²) in [6, 6.07) is 10.8. The molecule has 1 amide bonds. The summed E-state index contributed by atoms with van der Waals surface area (Å²) < 4.78 is 2.13. The molecule has 0 bridgehead atoms. The maximum atomic E-state index is 13.0. The highest BCUT2D eigenvalue weighted by molar-refractivity contribution is 5.92. The summed E-state index contributed by atoms with van der Waals surface area (Å²) >= 11 is 0. The van der Waals surface area contributed by atoms with Crippen molar-refractivity contribution in [1.82, 2.24) is 18.9 Å². The zero-order valence-electron chi connectivity index (χ0n) is 15.5. The standard InChI is InChI=1S/C19H24N4O4/c1-20-16(10-17(25)21(2)19(20)27)18(26)23-9-8-22(12-15(23)13-24)11-14-6-4-3-5-7-14/h3-7,10,15,24H,8-9,11-13H2,1-2H3/t15-/m1/s1. The Kier molecular flexibility index (Phi) is 5.57. The van der Waals surface area contributed by atoms with E-state index in [0.717, 1.165) is 11.1 Å². The lowest BCUT2D eigenvalue weighted by Gasteiger charge is -2.40. The molecule has 0 aliphatic carbocycles. The fraction of sp³-hybridized carbons (Fsp3) is 0.421. The molecule has 3 rings (SSSR count). The van der Waals surface area contributed by atoms with Gasteiger partial charge in [0.15, 0.2) is 0 Å². The predicted octanol–water partition coefficient (Wildman–Crippen LogP) is -0.597. The van der Waals surface area contributed by atoms with E-state index in [4.69, 9.17) is 0 Å². The van der Waals surface area contributed by atoms with Crippen molar-refractivity contribution in [3.8, 4) is 0 Å². The van der Waals surface area contributed by atoms with Gasteiger partial charge in [0.05, 0.1) is 12.6 Å². The predicted molar refractivity (Wildman–Crippen MR) is 101 cm³/mol. The van der Waals surface area contributed by atoms with Gasteiger partial charge in [0.25, 0.3) is 11.5 Å². The van der Waals surface area contributed by atoms with Gasteiger partial charge in [-0.25, -0.2) is 4.79 Å². The number of aliphatic hydroxyl groups excluding tert-OH is 1. The lowest BCUT2D eigenvalue weighted by atomic mass is 10.1. The van der Waals surface area contributed by atoms with Gasteiger partial charge in [0, 0.05) is 46.3 Å². The summed E-state index contributed by atoms with van der Waals surface area (Å²) in [5.74, 6) is -0.411. The van der Waals surface area contributed by atoms with E-state index in [1.165, 1.54) is 30.3 Å². The van der Waals surface area contributed by atoms with Gasteiger partial charge >= 0.3 is 5.69 Å². The molecule has 0 unspecified atom stereocenters. The second-order valence-corrected chi connectivity index (χ2v) is 6.82. The van der Waals surface area contributed by atoms with Crippen LogP contribution in [0.3, 0.4) is 0 Å². The van der Waals surface area contributed by atoms with Crippen molar-refractivity contribution in [3.63, 3.8) is 0 Å². The molecule has 0 spiro atoms. The van der Waals surface area contributed by atoms with E-state index in [1.807, 2.05) is 30.3 Å². The van der Waals surface area contributed by atoms with Gasteiger partial charge in [0.1, 0.15) is 5.69 Å². The van der Waals surface area contributed by atoms with Crippen molar-refractivity contribution in [1.29, 1.82) is 0 Å². The average Bonchev–Trinajstić information content (AvgIpc) is 2.69. The highest BCUT2D eigenvalue weighted by atomic mass is 16.3. The fourth-order valence-electron chi connectivity index (χ4n) is 3.41. The van der Waals surface area contributed by atoms with Gasteiger partial charge in [-0.05, 0) is 5.56 Å². The van der Waals surface area contributed by atoms with Crippen LogP contribution in [0.5, 0.6) is 0 Å². The molecule has 27 heavy (non-hydrogen) atoms. The molecule has 1 saturated heterocycles. The van der Waals surface area contributed by atoms with Crippen LogP contribution in [-0.2, 0) is 20.6 Å². The number of nitrogens with zero attached hydrogens (tertiary/aromatic N) is 4. The molecule has 144 valence electrons. The van der Waals surface area contributed by atoms with Gasteiger partial charge in [0.2, 0.25) is 0 Å². The number of carbonyl (C=O) groups is 1. The van der Waals surface area contributed by atoms with Gasteiger partial charge in [-0.15, -0.1) is 0 Å². The second-order valence-electron chi connectivity index (χ2n) is 6.82. The third-order valence-electron chi connectivity index (χ3n) is 5.03. The van der Waals surface area contributed by atoms with Crippen molar-refractivity contribution < 1.29 is 9.90 Å². The normalized spacial score (nSPS) is 17.9. The minimum Gasteiger partial charge on any atom is -0.394 e. The van der Waals surface area contributed by atoms with Gasteiger partial charge in [-0.1, -0.05) is 30.3 Å². The Morgan fingerprint density at radius 1 is 1.11 bits per heavy atom. The number of aliphatic hydroxyl groups is 1. The molecule has 0 saturated carbocycles. The molecule has 1 aliphatic rings. The van der Waals surface area contributed by atoms with Crippen LogP contribution in [0.15, 0.2) is 46.0 Å². The number of amides is 1. The van der Waals surface area contributed by atoms with Crippen LogP contribution in [0.1, 0.15) is 16.1 Å². The minimum atomic E-state index is -0.547. The summed E-state index contributed by atoms with van der Waals surface area (Å²) in [6.45, 7) is 2.14. The van der Waals surface area contributed by atoms with E-state index in [0.29, 0.717) is 19.6 Å². The average molecular weight is 372 g/mol. The molecule has 0 radical (unpaired) electrons. The summed E-state index contributed by atoms with van der Waals surface area (Å²) in [6.07, 6.45) is 0. The Balaban J connectivity index is 1.79. The molecule has 2 aromatic rings. The topological polar surface area (TPSA) is 87.8 Å². The van der Waals surface area contributed by atoms with Crippen LogP contribution in [0.4, 0.5) is 0 Å². The van der Waals surface area contributed by atoms with Crippen LogP contribution in [0.2, 0.25) is 0 Å². The maximum Gasteiger partial charge on any atom is 0.331 e. The Morgan fingerprint density at radius 3 is 2.48 bits per heavy atom. The number of rotatable bonds is 4. The first-order valence-corrected chi connectivity index (χ1v) is 8.87. The van der Waals surface area contributed by atoms with Crippen molar-refractivity contribution in [3.05, 3.63) is 68.5 Å². The first kappa shape index (κ1) is 19.1. The number of aromatic nitrogens is 2. The third kappa shape index (κ3) is 3.86. The number of benzene rings is 1. The van der Waals surface area contributed by atoms with Crippen molar-refractivity contribution in [2.45, 2.75) is 12.6 Å². The third-order valence-corrected chi connectivity index (χ3v) is 5.03. The Labute approximate surface area is 156 Å². The molecule has 1 aromatic heterocycles. The molecule has 1 fully saturated rings. The molecule has 1 aromatic carbocycles. The number of hydrogen-bond donors (Lipinski definition) is 1. The zero-order chi connectivity index (χ0) is 19.6. The van der Waals surface area contributed by atoms with Crippen molar-refractivity contribution >= 4 is 5.91 Å². The minimum absolute atomic E-state index is 0.0399. The van der Waals surface area contributed by atoms with Crippen LogP contribution in [0, 0.1) is 0 Å². The summed E-state index contributed by atoms with van der Waals surface area (Å²) in [5.41, 5.74) is 0.139. The van der Waals surface area contributed by atoms with E-state index in [2.05, 4.69) is 4.90 Å². The molecule has 1 atom stereocenters. The zero-order valence-corrected chi connectivity index (χ0v) is 15.5. The smallest absolute Gasteiger partial charge is 0.331 e. The second kappa shape index (κ2) is 7.89. The largest absolute Gasteiger partial charge is 0.394 e. The van der Waals surface area contributed by atoms with Crippen LogP contribution < -0.4 is 11.2 Å². The number of carbonyl (C=O) groups excluding carboxylic acids is 1. The SMILES string of the molecule is Cn1c(C(=O)N2CCN(Cc3ccccc3)C[C@@H]2CO)cc(=O)n(C)c1=O.